The van der Waals surface area contributed by atoms with Crippen molar-refractivity contribution in [2.24, 2.45) is 5.73 Å². The number of hydrogen-bond donors (Lipinski definition) is 1. The number of piperidine rings is 1. The van der Waals surface area contributed by atoms with Crippen molar-refractivity contribution in [3.63, 3.8) is 0 Å². The molecule has 1 fully saturated rings. The van der Waals surface area contributed by atoms with Crippen LogP contribution in [0.4, 0.5) is 13.2 Å². The molecule has 0 bridgehead atoms. The zero-order valence-corrected chi connectivity index (χ0v) is 10.2. The molecule has 1 aromatic rings. The van der Waals surface area contributed by atoms with Crippen LogP contribution in [0.3, 0.4) is 0 Å². The number of carbonyl (C=O) groups is 1. The predicted molar refractivity (Wildman–Crippen MR) is 61.0 cm³/mol. The number of halogens is 3. The minimum Gasteiger partial charge on any atom is -0.327 e. The minimum atomic E-state index is -4.42. The van der Waals surface area contributed by atoms with Gasteiger partial charge >= 0.3 is 6.18 Å². The Kier molecular flexibility index (Phi) is 3.79. The summed E-state index contributed by atoms with van der Waals surface area (Å²) in [5.41, 5.74) is 5.66. The van der Waals surface area contributed by atoms with E-state index in [9.17, 15) is 18.0 Å². The van der Waals surface area contributed by atoms with Gasteiger partial charge in [-0.3, -0.25) is 9.48 Å². The van der Waals surface area contributed by atoms with Crippen molar-refractivity contribution in [2.45, 2.75) is 37.6 Å². The van der Waals surface area contributed by atoms with Crippen molar-refractivity contribution >= 4 is 5.91 Å². The Morgan fingerprint density at radius 3 is 2.74 bits per heavy atom. The van der Waals surface area contributed by atoms with Gasteiger partial charge in [0.25, 0.3) is 0 Å². The second kappa shape index (κ2) is 5.20. The normalized spacial score (nSPS) is 24.5. The van der Waals surface area contributed by atoms with Gasteiger partial charge in [0, 0.05) is 25.0 Å². The van der Waals surface area contributed by atoms with Crippen LogP contribution in [0, 0.1) is 0 Å². The molecule has 2 unspecified atom stereocenters. The maximum Gasteiger partial charge on any atom is 0.408 e. The minimum absolute atomic E-state index is 0.0652. The highest BCUT2D eigenvalue weighted by Crippen LogP contribution is 2.31. The Balaban J connectivity index is 2.11. The average molecular weight is 276 g/mol. The summed E-state index contributed by atoms with van der Waals surface area (Å²) in [5, 5.41) is 3.81. The molecule has 8 heteroatoms. The lowest BCUT2D eigenvalue weighted by Crippen LogP contribution is -2.57. The fourth-order valence-electron chi connectivity index (χ4n) is 2.24. The fraction of sp³-hybridized carbons (Fsp3) is 0.636. The third-order valence-corrected chi connectivity index (χ3v) is 3.17. The Morgan fingerprint density at radius 2 is 2.16 bits per heavy atom. The lowest BCUT2D eigenvalue weighted by molar-refractivity contribution is -0.197. The van der Waals surface area contributed by atoms with Crippen molar-refractivity contribution in [1.29, 1.82) is 0 Å². The first-order valence-electron chi connectivity index (χ1n) is 5.97. The highest BCUT2D eigenvalue weighted by atomic mass is 19.4. The molecular formula is C11H15F3N4O. The van der Waals surface area contributed by atoms with Gasteiger partial charge < -0.3 is 10.6 Å². The molecule has 2 rings (SSSR count). The highest BCUT2D eigenvalue weighted by molar-refractivity contribution is 5.76. The first-order chi connectivity index (χ1) is 8.88. The Bertz CT molecular complexity index is 432. The standard InChI is InChI=1S/C11H15F3N4O/c12-11(13,14)9-3-2-8(15)6-18(9)10(19)7-17-5-1-4-16-17/h1,4-5,8-9H,2-3,6-7,15H2. The van der Waals surface area contributed by atoms with Crippen LogP contribution in [0.25, 0.3) is 0 Å². The molecule has 2 N–H and O–H groups in total. The van der Waals surface area contributed by atoms with E-state index in [0.717, 1.165) is 4.90 Å². The molecule has 2 heterocycles. The molecule has 5 nitrogen and oxygen atoms in total. The van der Waals surface area contributed by atoms with Gasteiger partial charge in [-0.25, -0.2) is 0 Å². The van der Waals surface area contributed by atoms with E-state index in [4.69, 9.17) is 5.73 Å². The number of aromatic nitrogens is 2. The average Bonchev–Trinajstić information content (AvgIpc) is 2.80. The Hall–Kier alpha value is -1.57. The number of alkyl halides is 3. The number of nitrogens with two attached hydrogens (primary N) is 1. The van der Waals surface area contributed by atoms with Crippen LogP contribution in [0.1, 0.15) is 12.8 Å². The Labute approximate surface area is 108 Å². The van der Waals surface area contributed by atoms with Gasteiger partial charge in [-0.15, -0.1) is 0 Å². The number of rotatable bonds is 2. The summed E-state index contributed by atoms with van der Waals surface area (Å²) in [6.07, 6.45) is -1.29. The first-order valence-corrected chi connectivity index (χ1v) is 5.97. The lowest BCUT2D eigenvalue weighted by Gasteiger charge is -2.39. The third-order valence-electron chi connectivity index (χ3n) is 3.17. The van der Waals surface area contributed by atoms with Crippen molar-refractivity contribution < 1.29 is 18.0 Å². The first kappa shape index (κ1) is 13.9. The molecule has 0 spiro atoms. The molecule has 0 aromatic carbocycles. The number of likely N-dealkylation sites (tertiary alicyclic amines) is 1. The van der Waals surface area contributed by atoms with Crippen LogP contribution in [-0.4, -0.2) is 45.4 Å². The van der Waals surface area contributed by atoms with E-state index in [-0.39, 0.29) is 25.9 Å². The SMILES string of the molecule is NC1CCC(C(F)(F)F)N(C(=O)Cn2cccn2)C1. The van der Waals surface area contributed by atoms with Gasteiger partial charge in [0.15, 0.2) is 0 Å². The monoisotopic (exact) mass is 276 g/mol. The quantitative estimate of drug-likeness (QED) is 0.867. The fourth-order valence-corrected chi connectivity index (χ4v) is 2.24. The molecular weight excluding hydrogens is 261 g/mol. The van der Waals surface area contributed by atoms with Crippen LogP contribution >= 0.6 is 0 Å². The summed E-state index contributed by atoms with van der Waals surface area (Å²) in [7, 11) is 0. The van der Waals surface area contributed by atoms with Crippen LogP contribution < -0.4 is 5.73 Å². The number of nitrogens with zero attached hydrogens (tertiary/aromatic N) is 3. The number of carbonyl (C=O) groups excluding carboxylic acids is 1. The van der Waals surface area contributed by atoms with E-state index in [1.54, 1.807) is 6.07 Å². The molecule has 0 radical (unpaired) electrons. The summed E-state index contributed by atoms with van der Waals surface area (Å²) in [5.74, 6) is -0.610. The van der Waals surface area contributed by atoms with Crippen LogP contribution in [0.2, 0.25) is 0 Å². The summed E-state index contributed by atoms with van der Waals surface area (Å²) in [6.45, 7) is -0.267. The number of hydrogen-bond acceptors (Lipinski definition) is 3. The summed E-state index contributed by atoms with van der Waals surface area (Å²) in [4.78, 5) is 12.8. The molecule has 1 aliphatic heterocycles. The van der Waals surface area contributed by atoms with E-state index >= 15 is 0 Å². The molecule has 106 valence electrons. The van der Waals surface area contributed by atoms with E-state index in [0.29, 0.717) is 0 Å². The van der Waals surface area contributed by atoms with E-state index < -0.39 is 24.2 Å². The molecule has 1 aliphatic rings. The van der Waals surface area contributed by atoms with Gasteiger partial charge in [0.05, 0.1) is 0 Å². The van der Waals surface area contributed by atoms with Gasteiger partial charge in [-0.05, 0) is 18.9 Å². The summed E-state index contributed by atoms with van der Waals surface area (Å²) in [6, 6.07) is -0.535. The van der Waals surface area contributed by atoms with Gasteiger partial charge in [-0.2, -0.15) is 18.3 Å². The van der Waals surface area contributed by atoms with Crippen LogP contribution in [0.5, 0.6) is 0 Å². The molecule has 1 amide bonds. The smallest absolute Gasteiger partial charge is 0.327 e. The zero-order valence-electron chi connectivity index (χ0n) is 10.2. The largest absolute Gasteiger partial charge is 0.408 e. The van der Waals surface area contributed by atoms with Crippen molar-refractivity contribution in [3.05, 3.63) is 18.5 Å². The molecule has 0 aliphatic carbocycles. The lowest BCUT2D eigenvalue weighted by atomic mass is 9.98. The highest BCUT2D eigenvalue weighted by Gasteiger charge is 2.47. The summed E-state index contributed by atoms with van der Waals surface area (Å²) < 4.78 is 40.0. The third kappa shape index (κ3) is 3.25. The van der Waals surface area contributed by atoms with Gasteiger partial charge in [-0.1, -0.05) is 0 Å². The van der Waals surface area contributed by atoms with E-state index in [2.05, 4.69) is 5.10 Å². The molecule has 1 saturated heterocycles. The van der Waals surface area contributed by atoms with Crippen LogP contribution in [0.15, 0.2) is 18.5 Å². The molecule has 2 atom stereocenters. The van der Waals surface area contributed by atoms with Crippen molar-refractivity contribution in [3.8, 4) is 0 Å². The topological polar surface area (TPSA) is 64.2 Å². The van der Waals surface area contributed by atoms with Gasteiger partial charge in [0.1, 0.15) is 12.6 Å². The van der Waals surface area contributed by atoms with Crippen molar-refractivity contribution in [1.82, 2.24) is 14.7 Å². The second-order valence-electron chi connectivity index (χ2n) is 4.64. The Morgan fingerprint density at radius 1 is 1.42 bits per heavy atom. The van der Waals surface area contributed by atoms with Crippen molar-refractivity contribution in [2.75, 3.05) is 6.54 Å². The van der Waals surface area contributed by atoms with Gasteiger partial charge in [0.2, 0.25) is 5.91 Å². The predicted octanol–water partition coefficient (Wildman–Crippen LogP) is 0.764. The van der Waals surface area contributed by atoms with Crippen LogP contribution in [-0.2, 0) is 11.3 Å². The molecule has 19 heavy (non-hydrogen) atoms. The molecule has 1 aromatic heterocycles. The second-order valence-corrected chi connectivity index (χ2v) is 4.64. The maximum atomic E-state index is 12.9. The maximum absolute atomic E-state index is 12.9. The van der Waals surface area contributed by atoms with E-state index in [1.165, 1.54) is 17.1 Å². The number of amides is 1. The van der Waals surface area contributed by atoms with E-state index in [1.807, 2.05) is 0 Å². The molecule has 0 saturated carbocycles. The zero-order chi connectivity index (χ0) is 14.0. The summed E-state index contributed by atoms with van der Waals surface area (Å²) >= 11 is 0.